The first-order chi connectivity index (χ1) is 26.4. The van der Waals surface area contributed by atoms with Crippen LogP contribution in [-0.4, -0.2) is 180 Å². The van der Waals surface area contributed by atoms with E-state index in [4.69, 9.17) is 28.4 Å². The second-order valence-corrected chi connectivity index (χ2v) is 18.0. The first kappa shape index (κ1) is 42.7. The van der Waals surface area contributed by atoms with Crippen molar-refractivity contribution < 1.29 is 89.4 Å². The Hall–Kier alpha value is -1.43. The van der Waals surface area contributed by atoms with Crippen LogP contribution in [0.3, 0.4) is 0 Å². The Kier molecular flexibility index (Phi) is 11.9. The summed E-state index contributed by atoms with van der Waals surface area (Å²) < 4.78 is 36.7. The molecule has 7 rings (SSSR count). The number of carbonyl (C=O) groups is 1. The summed E-state index contributed by atoms with van der Waals surface area (Å²) in [4.78, 5) is 12.7. The highest BCUT2D eigenvalue weighted by Crippen LogP contribution is 2.73. The number of rotatable bonds is 10. The Balaban J connectivity index is 1.21. The van der Waals surface area contributed by atoms with E-state index in [1.54, 1.807) is 0 Å². The lowest BCUT2D eigenvalue weighted by atomic mass is 9.41. The minimum Gasteiger partial charge on any atom is -0.481 e. The zero-order chi connectivity index (χ0) is 40.7. The van der Waals surface area contributed by atoms with Gasteiger partial charge in [-0.05, 0) is 86.5 Å². The Morgan fingerprint density at radius 1 is 0.679 bits per heavy atom. The average molecular weight is 805 g/mol. The number of carboxylic acid groups (broad SMARTS) is 1. The Morgan fingerprint density at radius 2 is 1.20 bits per heavy atom. The van der Waals surface area contributed by atoms with Gasteiger partial charge in [-0.15, -0.1) is 0 Å². The topological polar surface area (TPSA) is 295 Å². The van der Waals surface area contributed by atoms with Gasteiger partial charge >= 0.3 is 5.97 Å². The van der Waals surface area contributed by atoms with Gasteiger partial charge in [0.1, 0.15) is 73.2 Å². The summed E-state index contributed by atoms with van der Waals surface area (Å²) in [7, 11) is 0. The molecule has 1 spiro atoms. The van der Waals surface area contributed by atoms with E-state index in [-0.39, 0.29) is 22.7 Å². The standard InChI is InChI=1S/C38H60O18/c1-16-11-37-9-5-20-35(2,7-4-8-36(20,3)34(49)50)21(37)6-10-38(16,15-37)56-33-30(55-32-28(48)26(46)23(43)18(13-40)52-32)29(24(44)19(14-41)53-33)54-31-27(47)25(45)22(42)17(12-39)51-31/h17-33,39-48H,1,4-15H2,2-3H3,(H,49,50)/t17-,18?,19-,20+,21+,22?,23-,24?,25+,26?,27?,28-,29+,30?,31?,32+,33?,35?,36?,37-,38?/m1/s1. The highest BCUT2D eigenvalue weighted by molar-refractivity contribution is 5.75. The predicted octanol–water partition coefficient (Wildman–Crippen LogP) is -2.37. The molecule has 7 fully saturated rings. The molecule has 0 aromatic carbocycles. The van der Waals surface area contributed by atoms with Crippen molar-refractivity contribution in [2.24, 2.45) is 28.1 Å². The third-order valence-electron chi connectivity index (χ3n) is 15.0. The largest absolute Gasteiger partial charge is 0.481 e. The summed E-state index contributed by atoms with van der Waals surface area (Å²) in [6.45, 7) is 6.28. The Labute approximate surface area is 324 Å². The summed E-state index contributed by atoms with van der Waals surface area (Å²) in [6, 6.07) is 0. The number of aliphatic carboxylic acids is 1. The predicted molar refractivity (Wildman–Crippen MR) is 187 cm³/mol. The van der Waals surface area contributed by atoms with E-state index >= 15 is 0 Å². The van der Waals surface area contributed by atoms with Crippen molar-refractivity contribution in [3.63, 3.8) is 0 Å². The molecule has 56 heavy (non-hydrogen) atoms. The van der Waals surface area contributed by atoms with E-state index in [9.17, 15) is 61.0 Å². The fraction of sp³-hybridized carbons (Fsp3) is 0.921. The zero-order valence-corrected chi connectivity index (χ0v) is 31.8. The number of aliphatic hydroxyl groups is 10. The van der Waals surface area contributed by atoms with Crippen molar-refractivity contribution in [3.05, 3.63) is 12.2 Å². The lowest BCUT2D eigenvalue weighted by Crippen LogP contribution is -2.68. The normalized spacial score (nSPS) is 54.6. The number of fused-ring (bicyclic) bond motifs is 3. The Bertz CT molecular complexity index is 1450. The molecule has 320 valence electrons. The number of hydrogen-bond acceptors (Lipinski definition) is 17. The molecule has 3 saturated heterocycles. The maximum atomic E-state index is 12.7. The van der Waals surface area contributed by atoms with Gasteiger partial charge in [-0.3, -0.25) is 4.79 Å². The molecule has 3 aliphatic heterocycles. The molecule has 11 N–H and O–H groups in total. The van der Waals surface area contributed by atoms with Gasteiger partial charge in [0, 0.05) is 0 Å². The average Bonchev–Trinajstić information content (AvgIpc) is 3.36. The van der Waals surface area contributed by atoms with Crippen LogP contribution in [0.4, 0.5) is 0 Å². The maximum absolute atomic E-state index is 12.7. The van der Waals surface area contributed by atoms with Crippen LogP contribution in [0.5, 0.6) is 0 Å². The van der Waals surface area contributed by atoms with Gasteiger partial charge in [-0.25, -0.2) is 0 Å². The van der Waals surface area contributed by atoms with Gasteiger partial charge in [0.2, 0.25) is 0 Å². The van der Waals surface area contributed by atoms with Gasteiger partial charge in [0.15, 0.2) is 18.9 Å². The van der Waals surface area contributed by atoms with E-state index in [1.807, 2.05) is 6.92 Å². The quantitative estimate of drug-likeness (QED) is 0.0812. The van der Waals surface area contributed by atoms with Gasteiger partial charge in [-0.1, -0.05) is 19.9 Å². The fourth-order valence-corrected chi connectivity index (χ4v) is 12.1. The van der Waals surface area contributed by atoms with Crippen LogP contribution in [0, 0.1) is 28.1 Å². The molecule has 11 unspecified atom stereocenters. The van der Waals surface area contributed by atoms with Crippen LogP contribution in [0.2, 0.25) is 0 Å². The van der Waals surface area contributed by atoms with Crippen LogP contribution >= 0.6 is 0 Å². The van der Waals surface area contributed by atoms with Gasteiger partial charge < -0.3 is 84.6 Å². The lowest BCUT2D eigenvalue weighted by molar-refractivity contribution is -0.400. The molecular weight excluding hydrogens is 744 g/mol. The molecule has 7 aliphatic rings. The molecule has 0 amide bonds. The SMILES string of the molecule is C=C1C[C@@]23CC[C@@H]4C(C)(C(=O)O)CCCC4(C)[C@@H]2CCC1(OC1O[C@H](CO)C(O)[C@H](OC2O[C@H](CO)C(O)[C@H](O)C2O)C1O[C@@H]1OC(CO)[C@@H](O)C(O)[C@H]1O)C3. The summed E-state index contributed by atoms with van der Waals surface area (Å²) in [6.07, 6.45) is -19.3. The molecule has 0 aromatic rings. The molecule has 0 aromatic heterocycles. The molecule has 18 heteroatoms. The van der Waals surface area contributed by atoms with Crippen molar-refractivity contribution in [2.45, 2.75) is 169 Å². The molecule has 0 radical (unpaired) electrons. The summed E-state index contributed by atoms with van der Waals surface area (Å²) >= 11 is 0. The van der Waals surface area contributed by atoms with Crippen molar-refractivity contribution in [3.8, 4) is 0 Å². The number of hydrogen-bond donors (Lipinski definition) is 11. The minimum atomic E-state index is -1.91. The Morgan fingerprint density at radius 3 is 1.75 bits per heavy atom. The van der Waals surface area contributed by atoms with Crippen LogP contribution < -0.4 is 0 Å². The third-order valence-corrected chi connectivity index (χ3v) is 15.0. The van der Waals surface area contributed by atoms with Crippen LogP contribution in [0.15, 0.2) is 12.2 Å². The van der Waals surface area contributed by atoms with Gasteiger partial charge in [0.05, 0.1) is 30.8 Å². The first-order valence-corrected chi connectivity index (χ1v) is 19.9. The van der Waals surface area contributed by atoms with Gasteiger partial charge in [-0.2, -0.15) is 0 Å². The summed E-state index contributed by atoms with van der Waals surface area (Å²) in [5.74, 6) is -0.606. The van der Waals surface area contributed by atoms with E-state index in [0.717, 1.165) is 31.3 Å². The zero-order valence-electron chi connectivity index (χ0n) is 31.8. The molecular formula is C38H60O18. The van der Waals surface area contributed by atoms with Crippen LogP contribution in [0.25, 0.3) is 0 Å². The summed E-state index contributed by atoms with van der Waals surface area (Å²) in [5, 5.41) is 116. The number of ether oxygens (including phenoxy) is 6. The second-order valence-electron chi connectivity index (χ2n) is 18.0. The molecule has 3 heterocycles. The van der Waals surface area contributed by atoms with Crippen LogP contribution in [0.1, 0.15) is 71.6 Å². The molecule has 4 saturated carbocycles. The van der Waals surface area contributed by atoms with Crippen molar-refractivity contribution in [1.29, 1.82) is 0 Å². The highest BCUT2D eigenvalue weighted by atomic mass is 16.8. The molecule has 2 bridgehead atoms. The third kappa shape index (κ3) is 6.69. The number of aliphatic hydroxyl groups excluding tert-OH is 10. The first-order valence-electron chi connectivity index (χ1n) is 19.9. The maximum Gasteiger partial charge on any atom is 0.309 e. The minimum absolute atomic E-state index is 0.00993. The van der Waals surface area contributed by atoms with Gasteiger partial charge in [0.25, 0.3) is 0 Å². The number of carboxylic acids is 1. The smallest absolute Gasteiger partial charge is 0.309 e. The van der Waals surface area contributed by atoms with E-state index < -0.39 is 129 Å². The van der Waals surface area contributed by atoms with E-state index in [2.05, 4.69) is 13.5 Å². The van der Waals surface area contributed by atoms with E-state index in [0.29, 0.717) is 32.1 Å². The van der Waals surface area contributed by atoms with Crippen molar-refractivity contribution in [1.82, 2.24) is 0 Å². The fourth-order valence-electron chi connectivity index (χ4n) is 12.1. The van der Waals surface area contributed by atoms with E-state index in [1.165, 1.54) is 0 Å². The molecule has 18 nitrogen and oxygen atoms in total. The van der Waals surface area contributed by atoms with Crippen molar-refractivity contribution in [2.75, 3.05) is 19.8 Å². The lowest BCUT2D eigenvalue weighted by Gasteiger charge is -2.64. The molecule has 21 atom stereocenters. The second kappa shape index (κ2) is 15.6. The van der Waals surface area contributed by atoms with Crippen LogP contribution in [-0.2, 0) is 33.2 Å². The van der Waals surface area contributed by atoms with Crippen molar-refractivity contribution >= 4 is 5.97 Å². The summed E-state index contributed by atoms with van der Waals surface area (Å²) in [5.41, 5.74) is -1.63. The molecule has 4 aliphatic carbocycles. The monoisotopic (exact) mass is 804 g/mol. The highest BCUT2D eigenvalue weighted by Gasteiger charge is 2.69.